The molecule has 0 atom stereocenters. The molecule has 4 heteroatoms. The van der Waals surface area contributed by atoms with Crippen LogP contribution in [0.2, 0.25) is 5.02 Å². The molecule has 2 rings (SSSR count). The molecule has 0 heterocycles. The third kappa shape index (κ3) is 2.68. The van der Waals surface area contributed by atoms with Gasteiger partial charge in [-0.15, -0.1) is 0 Å². The van der Waals surface area contributed by atoms with Crippen LogP contribution in [0, 0.1) is 11.6 Å². The van der Waals surface area contributed by atoms with Crippen LogP contribution in [0.15, 0.2) is 36.4 Å². The lowest BCUT2D eigenvalue weighted by molar-refractivity contribution is 0.299. The molecule has 0 aromatic heterocycles. The van der Waals surface area contributed by atoms with Crippen molar-refractivity contribution < 1.29 is 13.9 Å². The van der Waals surface area contributed by atoms with Gasteiger partial charge in [0, 0.05) is 22.8 Å². The molecule has 0 spiro atoms. The number of aliphatic hydroxyl groups is 1. The molecule has 0 amide bonds. The van der Waals surface area contributed by atoms with Crippen LogP contribution in [0.4, 0.5) is 8.78 Å². The highest BCUT2D eigenvalue weighted by Gasteiger charge is 2.11. The number of hydrogen-bond acceptors (Lipinski definition) is 1. The average molecular weight is 269 g/mol. The van der Waals surface area contributed by atoms with Crippen LogP contribution in [0.5, 0.6) is 0 Å². The van der Waals surface area contributed by atoms with E-state index in [9.17, 15) is 8.78 Å². The van der Waals surface area contributed by atoms with Crippen molar-refractivity contribution in [1.82, 2.24) is 0 Å². The summed E-state index contributed by atoms with van der Waals surface area (Å²) < 4.78 is 26.8. The summed E-state index contributed by atoms with van der Waals surface area (Å²) >= 11 is 6.00. The number of benzene rings is 2. The van der Waals surface area contributed by atoms with Crippen LogP contribution in [-0.2, 0) is 6.42 Å². The van der Waals surface area contributed by atoms with Gasteiger partial charge in [-0.25, -0.2) is 8.78 Å². The van der Waals surface area contributed by atoms with Gasteiger partial charge in [0.05, 0.1) is 0 Å². The summed E-state index contributed by atoms with van der Waals surface area (Å²) in [5.74, 6) is -1.05. The zero-order valence-corrected chi connectivity index (χ0v) is 10.2. The Morgan fingerprint density at radius 1 is 1.00 bits per heavy atom. The summed E-state index contributed by atoms with van der Waals surface area (Å²) in [6.45, 7) is -0.00724. The van der Waals surface area contributed by atoms with Gasteiger partial charge in [0.1, 0.15) is 11.6 Å². The van der Waals surface area contributed by atoms with Gasteiger partial charge in [0.25, 0.3) is 0 Å². The molecule has 0 saturated carbocycles. The van der Waals surface area contributed by atoms with Crippen molar-refractivity contribution in [3.63, 3.8) is 0 Å². The molecule has 0 aliphatic heterocycles. The minimum atomic E-state index is -0.528. The average Bonchev–Trinajstić information content (AvgIpc) is 2.35. The molecule has 0 aliphatic carbocycles. The summed E-state index contributed by atoms with van der Waals surface area (Å²) in [5, 5.41) is 9.23. The molecule has 0 bridgehead atoms. The van der Waals surface area contributed by atoms with Gasteiger partial charge < -0.3 is 5.11 Å². The van der Waals surface area contributed by atoms with E-state index in [0.29, 0.717) is 17.0 Å². The van der Waals surface area contributed by atoms with E-state index in [1.54, 1.807) is 18.2 Å². The fourth-order valence-electron chi connectivity index (χ4n) is 1.77. The van der Waals surface area contributed by atoms with Crippen molar-refractivity contribution >= 4 is 11.6 Å². The van der Waals surface area contributed by atoms with Crippen LogP contribution in [-0.4, -0.2) is 11.7 Å². The summed E-state index contributed by atoms with van der Waals surface area (Å²) in [7, 11) is 0. The topological polar surface area (TPSA) is 20.2 Å². The Balaban J connectivity index is 2.55. The van der Waals surface area contributed by atoms with Crippen molar-refractivity contribution in [2.45, 2.75) is 6.42 Å². The van der Waals surface area contributed by atoms with Crippen molar-refractivity contribution in [1.29, 1.82) is 0 Å². The maximum absolute atomic E-state index is 13.7. The van der Waals surface area contributed by atoms with E-state index in [4.69, 9.17) is 16.7 Å². The maximum atomic E-state index is 13.7. The van der Waals surface area contributed by atoms with E-state index in [2.05, 4.69) is 0 Å². The molecule has 0 radical (unpaired) electrons. The monoisotopic (exact) mass is 268 g/mol. The van der Waals surface area contributed by atoms with Gasteiger partial charge in [0.2, 0.25) is 0 Å². The quantitative estimate of drug-likeness (QED) is 0.897. The van der Waals surface area contributed by atoms with E-state index in [0.717, 1.165) is 23.8 Å². The Kier molecular flexibility index (Phi) is 3.94. The third-order valence-corrected chi connectivity index (χ3v) is 2.98. The first kappa shape index (κ1) is 13.0. The van der Waals surface area contributed by atoms with Crippen LogP contribution in [0.25, 0.3) is 11.1 Å². The van der Waals surface area contributed by atoms with Gasteiger partial charge in [-0.2, -0.15) is 0 Å². The standard InChI is InChI=1S/C14H11ClF2O/c15-13-3-1-9(5-6-18)7-11(13)12-8-10(16)2-4-14(12)17/h1-4,7-8,18H,5-6H2. The molecule has 0 saturated heterocycles. The van der Waals surface area contributed by atoms with E-state index >= 15 is 0 Å². The van der Waals surface area contributed by atoms with Gasteiger partial charge in [-0.05, 0) is 42.3 Å². The molecule has 18 heavy (non-hydrogen) atoms. The molecule has 2 aromatic rings. The smallest absolute Gasteiger partial charge is 0.131 e. The van der Waals surface area contributed by atoms with E-state index < -0.39 is 11.6 Å². The van der Waals surface area contributed by atoms with Crippen molar-refractivity contribution in [3.05, 3.63) is 58.6 Å². The SMILES string of the molecule is OCCc1ccc(Cl)c(-c2cc(F)ccc2F)c1. The molecular weight excluding hydrogens is 258 g/mol. The molecular formula is C14H11ClF2O. The molecule has 0 aliphatic rings. The second-order valence-corrected chi connectivity index (χ2v) is 4.32. The minimum absolute atomic E-state index is 0.00724. The van der Waals surface area contributed by atoms with Crippen molar-refractivity contribution in [3.8, 4) is 11.1 Å². The second-order valence-electron chi connectivity index (χ2n) is 3.91. The van der Waals surface area contributed by atoms with Crippen molar-refractivity contribution in [2.24, 2.45) is 0 Å². The van der Waals surface area contributed by atoms with Gasteiger partial charge >= 0.3 is 0 Å². The number of hydrogen-bond donors (Lipinski definition) is 1. The molecule has 1 nitrogen and oxygen atoms in total. The lowest BCUT2D eigenvalue weighted by atomic mass is 10.0. The summed E-state index contributed by atoms with van der Waals surface area (Å²) in [4.78, 5) is 0. The molecule has 1 N–H and O–H groups in total. The Bertz CT molecular complexity index is 570. The Morgan fingerprint density at radius 2 is 1.78 bits per heavy atom. The molecule has 0 fully saturated rings. The lowest BCUT2D eigenvalue weighted by Gasteiger charge is -2.08. The van der Waals surface area contributed by atoms with Gasteiger partial charge in [0.15, 0.2) is 0 Å². The summed E-state index contributed by atoms with van der Waals surface area (Å²) in [6.07, 6.45) is 0.446. The first-order valence-electron chi connectivity index (χ1n) is 5.46. The van der Waals surface area contributed by atoms with Crippen LogP contribution >= 0.6 is 11.6 Å². The fourth-order valence-corrected chi connectivity index (χ4v) is 1.99. The largest absolute Gasteiger partial charge is 0.396 e. The number of aliphatic hydroxyl groups excluding tert-OH is 1. The Labute approximate surface area is 109 Å². The summed E-state index contributed by atoms with van der Waals surface area (Å²) in [5.41, 5.74) is 1.37. The van der Waals surface area contributed by atoms with Gasteiger partial charge in [-0.3, -0.25) is 0 Å². The third-order valence-electron chi connectivity index (χ3n) is 2.65. The predicted molar refractivity (Wildman–Crippen MR) is 67.6 cm³/mol. The highest BCUT2D eigenvalue weighted by atomic mass is 35.5. The van der Waals surface area contributed by atoms with Gasteiger partial charge in [-0.1, -0.05) is 17.7 Å². The highest BCUT2D eigenvalue weighted by Crippen LogP contribution is 2.31. The maximum Gasteiger partial charge on any atom is 0.131 e. The molecule has 0 unspecified atom stereocenters. The first-order chi connectivity index (χ1) is 8.61. The fraction of sp³-hybridized carbons (Fsp3) is 0.143. The number of rotatable bonds is 3. The van der Waals surface area contributed by atoms with E-state index in [1.165, 1.54) is 0 Å². The highest BCUT2D eigenvalue weighted by molar-refractivity contribution is 6.33. The lowest BCUT2D eigenvalue weighted by Crippen LogP contribution is -1.93. The van der Waals surface area contributed by atoms with Crippen LogP contribution < -0.4 is 0 Å². The summed E-state index contributed by atoms with van der Waals surface area (Å²) in [6, 6.07) is 8.27. The normalized spacial score (nSPS) is 10.7. The van der Waals surface area contributed by atoms with Crippen molar-refractivity contribution in [2.75, 3.05) is 6.61 Å². The zero-order valence-electron chi connectivity index (χ0n) is 9.46. The zero-order chi connectivity index (χ0) is 13.1. The van der Waals surface area contributed by atoms with E-state index in [-0.39, 0.29) is 12.2 Å². The first-order valence-corrected chi connectivity index (χ1v) is 5.84. The molecule has 2 aromatic carbocycles. The molecule has 94 valence electrons. The second kappa shape index (κ2) is 5.46. The minimum Gasteiger partial charge on any atom is -0.396 e. The number of halogens is 3. The van der Waals surface area contributed by atoms with Crippen LogP contribution in [0.3, 0.4) is 0 Å². The van der Waals surface area contributed by atoms with E-state index in [1.807, 2.05) is 0 Å². The van der Waals surface area contributed by atoms with Crippen LogP contribution in [0.1, 0.15) is 5.56 Å². The Morgan fingerprint density at radius 3 is 2.50 bits per heavy atom. The Hall–Kier alpha value is -1.45. The predicted octanol–water partition coefficient (Wildman–Crippen LogP) is 3.82.